The molecule has 0 N–H and O–H groups in total. The Kier molecular flexibility index (Phi) is 3.18. The largest absolute Gasteiger partial charge is 0.289 e. The molecule has 2 atom stereocenters. The molecule has 0 saturated carbocycles. The Morgan fingerprint density at radius 1 is 1.23 bits per heavy atom. The molecule has 1 fully saturated rings. The van der Waals surface area contributed by atoms with Gasteiger partial charge in [-0.15, -0.1) is 0 Å². The van der Waals surface area contributed by atoms with Crippen molar-refractivity contribution in [1.29, 1.82) is 0 Å². The van der Waals surface area contributed by atoms with Gasteiger partial charge in [0.25, 0.3) is 0 Å². The minimum atomic E-state index is -0.792. The van der Waals surface area contributed by atoms with E-state index in [-0.39, 0.29) is 0 Å². The smallest absolute Gasteiger partial charge is 0.159 e. The zero-order valence-electron chi connectivity index (χ0n) is 12.4. The maximum absolute atomic E-state index is 13.4. The van der Waals surface area contributed by atoms with Gasteiger partial charge in [0.2, 0.25) is 0 Å². The van der Waals surface area contributed by atoms with Crippen LogP contribution in [0.15, 0.2) is 24.4 Å². The first-order chi connectivity index (χ1) is 10.6. The molecule has 0 radical (unpaired) electrons. The van der Waals surface area contributed by atoms with Crippen LogP contribution in [0.25, 0.3) is 0 Å². The van der Waals surface area contributed by atoms with Gasteiger partial charge in [-0.05, 0) is 37.5 Å². The van der Waals surface area contributed by atoms with E-state index >= 15 is 0 Å². The highest BCUT2D eigenvalue weighted by Gasteiger charge is 2.40. The number of hydrogen-bond acceptors (Lipinski definition) is 3. The van der Waals surface area contributed by atoms with Crippen LogP contribution in [-0.4, -0.2) is 20.9 Å². The third-order valence-electron chi connectivity index (χ3n) is 4.80. The van der Waals surface area contributed by atoms with E-state index in [2.05, 4.69) is 14.9 Å². The second-order valence-electron chi connectivity index (χ2n) is 6.19. The van der Waals surface area contributed by atoms with E-state index in [4.69, 9.17) is 0 Å². The van der Waals surface area contributed by atoms with Crippen LogP contribution in [0, 0.1) is 18.6 Å². The molecule has 4 rings (SSSR count). The molecule has 0 spiro atoms. The molecule has 3 heterocycles. The number of hydrogen-bond donors (Lipinski definition) is 0. The number of aromatic nitrogens is 2. The number of nitrogens with zero attached hydrogens (tertiary/aromatic N) is 3. The summed E-state index contributed by atoms with van der Waals surface area (Å²) in [6.07, 6.45) is 5.04. The molecule has 3 nitrogen and oxygen atoms in total. The van der Waals surface area contributed by atoms with Crippen molar-refractivity contribution in [3.63, 3.8) is 0 Å². The fraction of sp³-hybridized carbons (Fsp3) is 0.412. The summed E-state index contributed by atoms with van der Waals surface area (Å²) in [5.41, 5.74) is 3.16. The fourth-order valence-corrected chi connectivity index (χ4v) is 3.77. The van der Waals surface area contributed by atoms with E-state index in [9.17, 15) is 8.78 Å². The first-order valence-corrected chi connectivity index (χ1v) is 7.64. The van der Waals surface area contributed by atoms with Gasteiger partial charge in [0.05, 0.1) is 5.69 Å². The normalized spacial score (nSPS) is 23.6. The average molecular weight is 301 g/mol. The molecule has 2 aliphatic rings. The molecule has 2 bridgehead atoms. The first kappa shape index (κ1) is 13.8. The van der Waals surface area contributed by atoms with Gasteiger partial charge in [0.15, 0.2) is 11.6 Å². The molecule has 0 amide bonds. The summed E-state index contributed by atoms with van der Waals surface area (Å²) in [4.78, 5) is 11.3. The Morgan fingerprint density at radius 3 is 2.91 bits per heavy atom. The number of fused-ring (bicyclic) bond motifs is 4. The Balaban J connectivity index is 1.64. The summed E-state index contributed by atoms with van der Waals surface area (Å²) in [7, 11) is 0. The molecule has 22 heavy (non-hydrogen) atoms. The van der Waals surface area contributed by atoms with Gasteiger partial charge in [0.1, 0.15) is 5.82 Å². The molecule has 0 aliphatic carbocycles. The van der Waals surface area contributed by atoms with E-state index in [0.717, 1.165) is 36.3 Å². The standard InChI is InChI=1S/C17H17F2N3/c1-10-20-8-13-16(21-10)7-12-3-5-17(13)22(12)9-11-2-4-14(18)15(19)6-11/h2,4,6,8,12,17H,3,5,7,9H2,1H3. The highest BCUT2D eigenvalue weighted by molar-refractivity contribution is 5.29. The number of rotatable bonds is 2. The summed E-state index contributed by atoms with van der Waals surface area (Å²) >= 11 is 0. The highest BCUT2D eigenvalue weighted by Crippen LogP contribution is 2.43. The topological polar surface area (TPSA) is 29.0 Å². The predicted molar refractivity (Wildman–Crippen MR) is 78.1 cm³/mol. The fourth-order valence-electron chi connectivity index (χ4n) is 3.77. The highest BCUT2D eigenvalue weighted by atomic mass is 19.2. The van der Waals surface area contributed by atoms with Gasteiger partial charge in [-0.3, -0.25) is 4.90 Å². The van der Waals surface area contributed by atoms with Crippen molar-refractivity contribution >= 4 is 0 Å². The number of aryl methyl sites for hydroxylation is 1. The third-order valence-corrected chi connectivity index (χ3v) is 4.80. The van der Waals surface area contributed by atoms with Crippen molar-refractivity contribution in [3.05, 3.63) is 58.7 Å². The van der Waals surface area contributed by atoms with E-state index in [1.54, 1.807) is 6.07 Å². The SMILES string of the molecule is Cc1ncc2c(n1)CC1CCC2N1Cc1ccc(F)c(F)c1. The Labute approximate surface area is 128 Å². The lowest BCUT2D eigenvalue weighted by Crippen LogP contribution is -2.37. The zero-order valence-corrected chi connectivity index (χ0v) is 12.4. The molecule has 1 saturated heterocycles. The molecule has 5 heteroatoms. The van der Waals surface area contributed by atoms with Gasteiger partial charge in [-0.1, -0.05) is 6.07 Å². The van der Waals surface area contributed by atoms with Gasteiger partial charge >= 0.3 is 0 Å². The molecule has 2 aromatic rings. The van der Waals surface area contributed by atoms with Gasteiger partial charge in [0, 0.05) is 36.8 Å². The van der Waals surface area contributed by atoms with Gasteiger partial charge in [-0.2, -0.15) is 0 Å². The Hall–Kier alpha value is -1.88. The third kappa shape index (κ3) is 2.20. The summed E-state index contributed by atoms with van der Waals surface area (Å²) in [5.74, 6) is -0.756. The zero-order chi connectivity index (χ0) is 15.3. The van der Waals surface area contributed by atoms with Crippen LogP contribution in [0.1, 0.15) is 41.5 Å². The van der Waals surface area contributed by atoms with Crippen molar-refractivity contribution in [1.82, 2.24) is 14.9 Å². The van der Waals surface area contributed by atoms with E-state index in [1.165, 1.54) is 17.7 Å². The van der Waals surface area contributed by atoms with Crippen LogP contribution in [0.5, 0.6) is 0 Å². The number of benzene rings is 1. The van der Waals surface area contributed by atoms with E-state index in [1.807, 2.05) is 13.1 Å². The lowest BCUT2D eigenvalue weighted by atomic mass is 9.98. The first-order valence-electron chi connectivity index (χ1n) is 7.64. The minimum absolute atomic E-state index is 0.294. The van der Waals surface area contributed by atoms with E-state index < -0.39 is 11.6 Å². The predicted octanol–water partition coefficient (Wildman–Crippen LogP) is 3.33. The van der Waals surface area contributed by atoms with Crippen LogP contribution in [0.3, 0.4) is 0 Å². The Morgan fingerprint density at radius 2 is 2.09 bits per heavy atom. The molecule has 1 aromatic heterocycles. The van der Waals surface area contributed by atoms with Crippen molar-refractivity contribution in [2.45, 2.75) is 44.8 Å². The van der Waals surface area contributed by atoms with Crippen molar-refractivity contribution in [3.8, 4) is 0 Å². The monoisotopic (exact) mass is 301 g/mol. The number of halogens is 2. The second-order valence-corrected chi connectivity index (χ2v) is 6.19. The molecule has 114 valence electrons. The lowest BCUT2D eigenvalue weighted by molar-refractivity contribution is 0.165. The maximum atomic E-state index is 13.4. The maximum Gasteiger partial charge on any atom is 0.159 e. The van der Waals surface area contributed by atoms with Crippen molar-refractivity contribution < 1.29 is 8.78 Å². The van der Waals surface area contributed by atoms with Crippen LogP contribution in [-0.2, 0) is 13.0 Å². The van der Waals surface area contributed by atoms with Crippen LogP contribution >= 0.6 is 0 Å². The summed E-state index contributed by atoms with van der Waals surface area (Å²) in [6.45, 7) is 2.55. The van der Waals surface area contributed by atoms with Crippen LogP contribution < -0.4 is 0 Å². The quantitative estimate of drug-likeness (QED) is 0.852. The van der Waals surface area contributed by atoms with Crippen molar-refractivity contribution in [2.24, 2.45) is 0 Å². The summed E-state index contributed by atoms with van der Waals surface area (Å²) in [5, 5.41) is 0. The molecule has 2 unspecified atom stereocenters. The lowest BCUT2D eigenvalue weighted by Gasteiger charge is -2.35. The average Bonchev–Trinajstić information content (AvgIpc) is 2.76. The molecular weight excluding hydrogens is 284 g/mol. The van der Waals surface area contributed by atoms with Crippen LogP contribution in [0.4, 0.5) is 8.78 Å². The van der Waals surface area contributed by atoms with E-state index in [0.29, 0.717) is 18.6 Å². The molecule has 1 aromatic carbocycles. The summed E-state index contributed by atoms with van der Waals surface area (Å²) in [6, 6.07) is 4.90. The summed E-state index contributed by atoms with van der Waals surface area (Å²) < 4.78 is 26.5. The minimum Gasteiger partial charge on any atom is -0.289 e. The van der Waals surface area contributed by atoms with Gasteiger partial charge < -0.3 is 0 Å². The Bertz CT molecular complexity index is 732. The van der Waals surface area contributed by atoms with Crippen molar-refractivity contribution in [2.75, 3.05) is 0 Å². The van der Waals surface area contributed by atoms with Crippen LogP contribution in [0.2, 0.25) is 0 Å². The molecular formula is C17H17F2N3. The molecule has 2 aliphatic heterocycles. The second kappa shape index (κ2) is 5.09. The van der Waals surface area contributed by atoms with Gasteiger partial charge in [-0.25, -0.2) is 18.7 Å².